The molecule has 1 saturated heterocycles. The molecule has 1 aromatic heterocycles. The zero-order valence-electron chi connectivity index (χ0n) is 34.9. The van der Waals surface area contributed by atoms with E-state index in [1.165, 1.54) is 0 Å². The Morgan fingerprint density at radius 2 is 1.17 bits per heavy atom. The molecule has 3 heterocycles. The largest absolute Gasteiger partial charge is 0.383 e. The highest BCUT2D eigenvalue weighted by molar-refractivity contribution is 6.23. The molecule has 4 aromatic rings. The topological polar surface area (TPSA) is 257 Å². The van der Waals surface area contributed by atoms with E-state index in [2.05, 4.69) is 36.9 Å². The molecule has 0 aliphatic carbocycles. The van der Waals surface area contributed by atoms with Crippen molar-refractivity contribution in [3.63, 3.8) is 0 Å². The number of aromatic nitrogens is 1. The number of carbonyl (C=O) groups excluding carboxylic acids is 7. The number of imide groups is 2. The Kier molecular flexibility index (Phi) is 17.5. The minimum absolute atomic E-state index is 0.0596. The predicted molar refractivity (Wildman–Crippen MR) is 234 cm³/mol. The van der Waals surface area contributed by atoms with Crippen LogP contribution in [0.1, 0.15) is 33.6 Å². The SMILES string of the molecule is O=C(/C=C/C(=O)Nc1ccc(NC(=O)Nc2ccc3cc[nH]c3c2)cc1)NCCOCCOCCOCCOCCOCCNc1ccc2c(c1)C(=O)N(C1CCC(=O)NC1=O)C2=O. The third-order valence-corrected chi connectivity index (χ3v) is 9.66. The summed E-state index contributed by atoms with van der Waals surface area (Å²) in [4.78, 5) is 90.3. The normalized spacial score (nSPS) is 14.8. The molecule has 3 aromatic carbocycles. The summed E-state index contributed by atoms with van der Waals surface area (Å²) in [6.07, 6.45) is 4.23. The molecule has 1 fully saturated rings. The van der Waals surface area contributed by atoms with Crippen molar-refractivity contribution in [3.05, 3.63) is 96.2 Å². The van der Waals surface area contributed by atoms with Crippen molar-refractivity contribution in [1.29, 1.82) is 0 Å². The smallest absolute Gasteiger partial charge is 0.323 e. The first kappa shape index (κ1) is 46.5. The molecule has 2 aliphatic heterocycles. The fourth-order valence-electron chi connectivity index (χ4n) is 6.53. The highest BCUT2D eigenvalue weighted by Gasteiger charge is 2.44. The Hall–Kier alpha value is -6.97. The van der Waals surface area contributed by atoms with Gasteiger partial charge in [-0.05, 0) is 72.5 Å². The number of fused-ring (bicyclic) bond motifs is 2. The van der Waals surface area contributed by atoms with Gasteiger partial charge in [0, 0.05) is 66.1 Å². The van der Waals surface area contributed by atoms with Gasteiger partial charge in [0.1, 0.15) is 6.04 Å². The molecule has 7 N–H and O–H groups in total. The summed E-state index contributed by atoms with van der Waals surface area (Å²) in [5, 5.41) is 17.2. The van der Waals surface area contributed by atoms with Gasteiger partial charge in [-0.3, -0.25) is 39.0 Å². The summed E-state index contributed by atoms with van der Waals surface area (Å²) >= 11 is 0. The van der Waals surface area contributed by atoms with Crippen LogP contribution in [0.4, 0.5) is 27.5 Å². The van der Waals surface area contributed by atoms with E-state index in [1.807, 2.05) is 30.5 Å². The number of piperidine rings is 1. The zero-order chi connectivity index (χ0) is 45.1. The van der Waals surface area contributed by atoms with Gasteiger partial charge < -0.3 is 55.3 Å². The van der Waals surface area contributed by atoms with Crippen LogP contribution in [0.2, 0.25) is 0 Å². The number of amides is 8. The molecule has 0 radical (unpaired) electrons. The van der Waals surface area contributed by atoms with Gasteiger partial charge in [-0.25, -0.2) is 4.79 Å². The summed E-state index contributed by atoms with van der Waals surface area (Å²) in [5.41, 5.74) is 3.60. The fourth-order valence-corrected chi connectivity index (χ4v) is 6.53. The van der Waals surface area contributed by atoms with Gasteiger partial charge >= 0.3 is 6.03 Å². The summed E-state index contributed by atoms with van der Waals surface area (Å²) in [7, 11) is 0. The second-order valence-corrected chi connectivity index (χ2v) is 14.2. The first-order chi connectivity index (χ1) is 31.1. The Morgan fingerprint density at radius 3 is 1.84 bits per heavy atom. The molecule has 2 aliphatic rings. The van der Waals surface area contributed by atoms with E-state index in [0.29, 0.717) is 88.8 Å². The Morgan fingerprint density at radius 1 is 0.609 bits per heavy atom. The van der Waals surface area contributed by atoms with Crippen LogP contribution in [-0.4, -0.2) is 137 Å². The number of rotatable bonds is 25. The van der Waals surface area contributed by atoms with E-state index in [4.69, 9.17) is 23.7 Å². The number of nitrogens with zero attached hydrogens (tertiary/aromatic N) is 1. The van der Waals surface area contributed by atoms with E-state index >= 15 is 0 Å². The Balaban J connectivity index is 0.693. The molecule has 338 valence electrons. The van der Waals surface area contributed by atoms with Crippen molar-refractivity contribution >= 4 is 75.1 Å². The zero-order valence-corrected chi connectivity index (χ0v) is 34.9. The van der Waals surface area contributed by atoms with E-state index in [-0.39, 0.29) is 37.1 Å². The number of ether oxygens (including phenoxy) is 5. The number of benzene rings is 3. The van der Waals surface area contributed by atoms with Gasteiger partial charge in [0.05, 0.1) is 77.2 Å². The Bertz CT molecular complexity index is 2310. The maximum absolute atomic E-state index is 13.0. The molecule has 8 amide bonds. The number of hydrogen-bond donors (Lipinski definition) is 7. The van der Waals surface area contributed by atoms with E-state index in [1.54, 1.807) is 42.5 Å². The number of H-pyrrole nitrogens is 1. The molecule has 1 unspecified atom stereocenters. The lowest BCUT2D eigenvalue weighted by Crippen LogP contribution is -2.54. The van der Waals surface area contributed by atoms with Crippen molar-refractivity contribution < 1.29 is 57.2 Å². The molecule has 0 bridgehead atoms. The second kappa shape index (κ2) is 24.0. The van der Waals surface area contributed by atoms with Crippen molar-refractivity contribution in [2.45, 2.75) is 18.9 Å². The van der Waals surface area contributed by atoms with Crippen molar-refractivity contribution in [1.82, 2.24) is 20.5 Å². The van der Waals surface area contributed by atoms with E-state index in [0.717, 1.165) is 28.0 Å². The number of nitrogens with one attached hydrogen (secondary N) is 7. The maximum atomic E-state index is 13.0. The van der Waals surface area contributed by atoms with Gasteiger partial charge in [0.15, 0.2) is 0 Å². The molecule has 0 spiro atoms. The summed E-state index contributed by atoms with van der Waals surface area (Å²) < 4.78 is 27.5. The van der Waals surface area contributed by atoms with E-state index < -0.39 is 47.5 Å². The molecule has 64 heavy (non-hydrogen) atoms. The summed E-state index contributed by atoms with van der Waals surface area (Å²) in [6, 6.07) is 17.4. The van der Waals surface area contributed by atoms with Gasteiger partial charge in [-0.2, -0.15) is 0 Å². The molecule has 1 atom stereocenters. The molecule has 20 nitrogen and oxygen atoms in total. The summed E-state index contributed by atoms with van der Waals surface area (Å²) in [5.74, 6) is -3.13. The van der Waals surface area contributed by atoms with Crippen LogP contribution in [0.15, 0.2) is 85.1 Å². The lowest BCUT2D eigenvalue weighted by atomic mass is 10.0. The molecule has 0 saturated carbocycles. The average Bonchev–Trinajstić information content (AvgIpc) is 3.85. The monoisotopic (exact) mass is 882 g/mol. The van der Waals surface area contributed by atoms with Gasteiger partial charge in [-0.1, -0.05) is 6.07 Å². The van der Waals surface area contributed by atoms with Crippen LogP contribution < -0.4 is 31.9 Å². The molecular formula is C44H50N8O12. The first-order valence-electron chi connectivity index (χ1n) is 20.6. The minimum atomic E-state index is -1.01. The number of aromatic amines is 1. The molecule has 20 heteroatoms. The maximum Gasteiger partial charge on any atom is 0.323 e. The quantitative estimate of drug-likeness (QED) is 0.0288. The standard InChI is InChI=1S/C44H50N8O12/c53-38(11-12-39(54)48-30-3-5-31(6-4-30)49-44(59)50-33-2-1-29-13-14-46-36(29)28-33)47-16-18-61-20-22-63-24-26-64-25-23-62-21-19-60-17-15-45-32-7-8-34-35(27-32)43(58)52(42(34)57)37-9-10-40(55)51-41(37)56/h1-8,11-14,27-28,37,45-46H,9-10,15-26H2,(H,47,53)(H,48,54)(H2,49,50,59)(H,51,55,56)/b12-11+. The number of carbonyl (C=O) groups is 7. The van der Waals surface area contributed by atoms with Gasteiger partial charge in [0.25, 0.3) is 11.8 Å². The lowest BCUT2D eigenvalue weighted by Gasteiger charge is -2.27. The molecular weight excluding hydrogens is 833 g/mol. The van der Waals surface area contributed by atoms with Gasteiger partial charge in [0.2, 0.25) is 23.6 Å². The minimum Gasteiger partial charge on any atom is -0.383 e. The summed E-state index contributed by atoms with van der Waals surface area (Å²) in [6.45, 7) is 4.28. The van der Waals surface area contributed by atoms with Crippen LogP contribution in [0.3, 0.4) is 0 Å². The third-order valence-electron chi connectivity index (χ3n) is 9.66. The number of urea groups is 1. The lowest BCUT2D eigenvalue weighted by molar-refractivity contribution is -0.136. The van der Waals surface area contributed by atoms with Crippen LogP contribution >= 0.6 is 0 Å². The second-order valence-electron chi connectivity index (χ2n) is 14.2. The van der Waals surface area contributed by atoms with E-state index in [9.17, 15) is 33.6 Å². The van der Waals surface area contributed by atoms with Crippen LogP contribution in [-0.2, 0) is 42.9 Å². The van der Waals surface area contributed by atoms with Crippen LogP contribution in [0.5, 0.6) is 0 Å². The van der Waals surface area contributed by atoms with Crippen LogP contribution in [0.25, 0.3) is 10.9 Å². The van der Waals surface area contributed by atoms with Crippen molar-refractivity contribution in [2.75, 3.05) is 100 Å². The fraction of sp³-hybridized carbons (Fsp3) is 0.341. The van der Waals surface area contributed by atoms with Crippen molar-refractivity contribution in [3.8, 4) is 0 Å². The van der Waals surface area contributed by atoms with Gasteiger partial charge in [-0.15, -0.1) is 0 Å². The average molecular weight is 883 g/mol. The highest BCUT2D eigenvalue weighted by Crippen LogP contribution is 2.29. The third kappa shape index (κ3) is 14.0. The van der Waals surface area contributed by atoms with Crippen LogP contribution in [0, 0.1) is 0 Å². The first-order valence-corrected chi connectivity index (χ1v) is 20.6. The number of hydrogen-bond acceptors (Lipinski definition) is 13. The molecule has 6 rings (SSSR count). The van der Waals surface area contributed by atoms with Crippen molar-refractivity contribution in [2.24, 2.45) is 0 Å². The predicted octanol–water partition coefficient (Wildman–Crippen LogP) is 3.02. The highest BCUT2D eigenvalue weighted by atomic mass is 16.6. The number of anilines is 4. The Labute approximate surface area is 367 Å².